The third-order valence-electron chi connectivity index (χ3n) is 6.38. The maximum atomic E-state index is 14.5. The maximum Gasteiger partial charge on any atom is 0.261 e. The minimum atomic E-state index is -4.00. The molecular formula is C32H26F2N2O5S. The summed E-state index contributed by atoms with van der Waals surface area (Å²) in [4.78, 5) is 14.8. The van der Waals surface area contributed by atoms with Crippen LogP contribution in [0.1, 0.15) is 12.5 Å². The number of aromatic amines is 1. The molecule has 0 aliphatic rings. The van der Waals surface area contributed by atoms with Gasteiger partial charge in [0.25, 0.3) is 10.0 Å². The summed E-state index contributed by atoms with van der Waals surface area (Å²) in [6.07, 6.45) is 1.44. The van der Waals surface area contributed by atoms with Crippen LogP contribution >= 0.6 is 0 Å². The van der Waals surface area contributed by atoms with Crippen LogP contribution in [-0.2, 0) is 21.4 Å². The van der Waals surface area contributed by atoms with Crippen LogP contribution in [0.2, 0.25) is 0 Å². The van der Waals surface area contributed by atoms with Crippen LogP contribution in [0.25, 0.3) is 22.3 Å². The highest BCUT2D eigenvalue weighted by Crippen LogP contribution is 2.38. The van der Waals surface area contributed by atoms with Gasteiger partial charge in [-0.25, -0.2) is 17.2 Å². The summed E-state index contributed by atoms with van der Waals surface area (Å²) in [6, 6.07) is 24.8. The third kappa shape index (κ3) is 6.56. The molecular weight excluding hydrogens is 562 g/mol. The van der Waals surface area contributed by atoms with Crippen LogP contribution in [0.3, 0.4) is 0 Å². The first-order valence-electron chi connectivity index (χ1n) is 13.0. The zero-order chi connectivity index (χ0) is 29.7. The number of hydrogen-bond donors (Lipinski definition) is 2. The van der Waals surface area contributed by atoms with Crippen LogP contribution in [0.4, 0.5) is 14.5 Å². The summed E-state index contributed by atoms with van der Waals surface area (Å²) in [5, 5.41) is 0. The Morgan fingerprint density at radius 2 is 1.52 bits per heavy atom. The first-order chi connectivity index (χ1) is 20.2. The van der Waals surface area contributed by atoms with E-state index < -0.39 is 21.7 Å². The molecule has 5 rings (SSSR count). The maximum absolute atomic E-state index is 14.5. The molecule has 0 saturated heterocycles. The van der Waals surface area contributed by atoms with E-state index in [1.54, 1.807) is 19.1 Å². The van der Waals surface area contributed by atoms with Crippen LogP contribution in [-0.4, -0.2) is 20.0 Å². The van der Waals surface area contributed by atoms with E-state index in [0.29, 0.717) is 29.4 Å². The van der Waals surface area contributed by atoms with Crippen molar-refractivity contribution in [3.05, 3.63) is 131 Å². The van der Waals surface area contributed by atoms with Crippen molar-refractivity contribution in [2.45, 2.75) is 18.4 Å². The molecule has 0 aliphatic carbocycles. The number of aromatic nitrogens is 1. The fourth-order valence-corrected chi connectivity index (χ4v) is 5.39. The lowest BCUT2D eigenvalue weighted by Crippen LogP contribution is -2.13. The van der Waals surface area contributed by atoms with Crippen LogP contribution < -0.4 is 15.0 Å². The molecule has 10 heteroatoms. The fraction of sp³-hybridized carbons (Fsp3) is 0.0938. The molecule has 0 unspecified atom stereocenters. The SMILES string of the molecule is CCOCc1cc(=O)[nH]cc1-c1cc(NS(=O)(=O)c2ccc(-c3ccccc3)cc2)ccc1Oc1ccc(F)cc1F. The summed E-state index contributed by atoms with van der Waals surface area (Å²) in [7, 11) is -4.00. The van der Waals surface area contributed by atoms with Crippen molar-refractivity contribution in [3.8, 4) is 33.8 Å². The Labute approximate surface area is 241 Å². The molecule has 0 bridgehead atoms. The molecule has 1 heterocycles. The lowest BCUT2D eigenvalue weighted by atomic mass is 10.0. The van der Waals surface area contributed by atoms with Crippen molar-refractivity contribution in [3.63, 3.8) is 0 Å². The average molecular weight is 589 g/mol. The highest BCUT2D eigenvalue weighted by molar-refractivity contribution is 7.92. The van der Waals surface area contributed by atoms with Gasteiger partial charge in [0.05, 0.1) is 11.5 Å². The molecule has 0 fully saturated rings. The van der Waals surface area contributed by atoms with Gasteiger partial charge in [0.1, 0.15) is 11.6 Å². The number of halogens is 2. The van der Waals surface area contributed by atoms with Crippen molar-refractivity contribution in [2.75, 3.05) is 11.3 Å². The lowest BCUT2D eigenvalue weighted by molar-refractivity contribution is 0.134. The van der Waals surface area contributed by atoms with Crippen molar-refractivity contribution < 1.29 is 26.7 Å². The fourth-order valence-electron chi connectivity index (χ4n) is 4.34. The highest BCUT2D eigenvalue weighted by Gasteiger charge is 2.19. The standard InChI is InChI=1S/C32H26F2N2O5S/c1-2-40-20-23-16-32(37)35-19-28(23)27-18-25(11-15-30(27)41-31-14-10-24(33)17-29(31)34)36-42(38,39)26-12-8-22(9-13-26)21-6-4-3-5-7-21/h3-19,36H,2,20H2,1H3,(H,35,37). The minimum Gasteiger partial charge on any atom is -0.454 e. The van der Waals surface area contributed by atoms with Gasteiger partial charge >= 0.3 is 0 Å². The van der Waals surface area contributed by atoms with Gasteiger partial charge in [-0.2, -0.15) is 0 Å². The number of pyridine rings is 1. The van der Waals surface area contributed by atoms with E-state index in [1.807, 2.05) is 30.3 Å². The number of ether oxygens (including phenoxy) is 2. The van der Waals surface area contributed by atoms with E-state index in [-0.39, 0.29) is 34.2 Å². The van der Waals surface area contributed by atoms with Crippen molar-refractivity contribution in [1.82, 2.24) is 4.98 Å². The molecule has 4 aromatic carbocycles. The molecule has 2 N–H and O–H groups in total. The lowest BCUT2D eigenvalue weighted by Gasteiger charge is -2.17. The quantitative estimate of drug-likeness (QED) is 0.181. The smallest absolute Gasteiger partial charge is 0.261 e. The van der Waals surface area contributed by atoms with Gasteiger partial charge in [0.15, 0.2) is 11.6 Å². The number of nitrogens with one attached hydrogen (secondary N) is 2. The van der Waals surface area contributed by atoms with Gasteiger partial charge < -0.3 is 14.5 Å². The molecule has 0 spiro atoms. The molecule has 0 saturated carbocycles. The largest absolute Gasteiger partial charge is 0.454 e. The number of sulfonamides is 1. The molecule has 1 aromatic heterocycles. The monoisotopic (exact) mass is 588 g/mol. The van der Waals surface area contributed by atoms with Crippen LogP contribution in [0.15, 0.2) is 113 Å². The molecule has 5 aromatic rings. The number of benzene rings is 4. The summed E-state index contributed by atoms with van der Waals surface area (Å²) < 4.78 is 68.5. The van der Waals surface area contributed by atoms with E-state index in [4.69, 9.17) is 9.47 Å². The van der Waals surface area contributed by atoms with Gasteiger partial charge in [0, 0.05) is 41.8 Å². The summed E-state index contributed by atoms with van der Waals surface area (Å²) >= 11 is 0. The van der Waals surface area contributed by atoms with Gasteiger partial charge in [-0.15, -0.1) is 0 Å². The first kappa shape index (κ1) is 28.7. The predicted octanol–water partition coefficient (Wildman–Crippen LogP) is 7.12. The van der Waals surface area contributed by atoms with Gasteiger partial charge in [-0.1, -0.05) is 42.5 Å². The Morgan fingerprint density at radius 1 is 0.810 bits per heavy atom. The molecule has 7 nitrogen and oxygen atoms in total. The minimum absolute atomic E-state index is 0.0542. The van der Waals surface area contributed by atoms with E-state index >= 15 is 0 Å². The topological polar surface area (TPSA) is 97.5 Å². The van der Waals surface area contributed by atoms with Gasteiger partial charge in [0.2, 0.25) is 5.56 Å². The van der Waals surface area contributed by atoms with Crippen LogP contribution in [0, 0.1) is 11.6 Å². The van der Waals surface area contributed by atoms with Crippen molar-refractivity contribution >= 4 is 15.7 Å². The molecule has 214 valence electrons. The van der Waals surface area contributed by atoms with Crippen LogP contribution in [0.5, 0.6) is 11.5 Å². The molecule has 0 atom stereocenters. The zero-order valence-corrected chi connectivity index (χ0v) is 23.3. The molecule has 0 amide bonds. The van der Waals surface area contributed by atoms with Crippen molar-refractivity contribution in [1.29, 1.82) is 0 Å². The number of rotatable bonds is 10. The molecule has 42 heavy (non-hydrogen) atoms. The Bertz CT molecular complexity index is 1880. The highest BCUT2D eigenvalue weighted by atomic mass is 32.2. The second kappa shape index (κ2) is 12.4. The first-order valence-corrected chi connectivity index (χ1v) is 14.5. The second-order valence-electron chi connectivity index (χ2n) is 9.26. The zero-order valence-electron chi connectivity index (χ0n) is 22.4. The Kier molecular flexibility index (Phi) is 8.46. The van der Waals surface area contributed by atoms with E-state index in [2.05, 4.69) is 9.71 Å². The summed E-state index contributed by atoms with van der Waals surface area (Å²) in [5.74, 6) is -1.78. The third-order valence-corrected chi connectivity index (χ3v) is 7.78. The Morgan fingerprint density at radius 3 is 2.24 bits per heavy atom. The average Bonchev–Trinajstić information content (AvgIpc) is 2.98. The molecule has 0 aliphatic heterocycles. The summed E-state index contributed by atoms with van der Waals surface area (Å²) in [6.45, 7) is 2.28. The van der Waals surface area contributed by atoms with Gasteiger partial charge in [-0.05, 0) is 66.1 Å². The Hall–Kier alpha value is -4.80. The van der Waals surface area contributed by atoms with E-state index in [0.717, 1.165) is 23.3 Å². The Balaban J connectivity index is 1.53. The van der Waals surface area contributed by atoms with Crippen molar-refractivity contribution in [2.24, 2.45) is 0 Å². The summed E-state index contributed by atoms with van der Waals surface area (Å²) in [5.41, 5.74) is 2.95. The molecule has 0 radical (unpaired) electrons. The van der Waals surface area contributed by atoms with E-state index in [9.17, 15) is 22.0 Å². The normalized spacial score (nSPS) is 11.3. The van der Waals surface area contributed by atoms with E-state index in [1.165, 1.54) is 42.6 Å². The second-order valence-corrected chi connectivity index (χ2v) is 10.9. The van der Waals surface area contributed by atoms with Gasteiger partial charge in [-0.3, -0.25) is 9.52 Å². The predicted molar refractivity (Wildman–Crippen MR) is 157 cm³/mol. The number of hydrogen-bond acceptors (Lipinski definition) is 5. The number of H-pyrrole nitrogens is 1. The number of anilines is 1.